The molecular formula is C21H30N4O. The second-order valence-corrected chi connectivity index (χ2v) is 7.78. The predicted octanol–water partition coefficient (Wildman–Crippen LogP) is 2.46. The van der Waals surface area contributed by atoms with Gasteiger partial charge in [-0.2, -0.15) is 5.26 Å². The third-order valence-corrected chi connectivity index (χ3v) is 5.75. The number of nitrogens with zero attached hydrogens (tertiary/aromatic N) is 3. The van der Waals surface area contributed by atoms with Crippen LogP contribution >= 0.6 is 0 Å². The summed E-state index contributed by atoms with van der Waals surface area (Å²) in [5, 5.41) is 12.4. The van der Waals surface area contributed by atoms with Gasteiger partial charge < -0.3 is 5.32 Å². The lowest BCUT2D eigenvalue weighted by Gasteiger charge is -2.25. The van der Waals surface area contributed by atoms with Crippen LogP contribution in [0, 0.1) is 18.3 Å². The van der Waals surface area contributed by atoms with Gasteiger partial charge in [-0.3, -0.25) is 14.6 Å². The lowest BCUT2D eigenvalue weighted by Crippen LogP contribution is -2.49. The zero-order chi connectivity index (χ0) is 18.4. The minimum Gasteiger partial charge on any atom is -0.337 e. The summed E-state index contributed by atoms with van der Waals surface area (Å²) in [6, 6.07) is 10.9. The van der Waals surface area contributed by atoms with Crippen LogP contribution in [0.5, 0.6) is 0 Å². The van der Waals surface area contributed by atoms with Crippen molar-refractivity contribution in [3.05, 3.63) is 35.4 Å². The van der Waals surface area contributed by atoms with Crippen molar-refractivity contribution in [2.45, 2.75) is 51.1 Å². The molecule has 1 aromatic rings. The van der Waals surface area contributed by atoms with E-state index < -0.39 is 5.54 Å². The molecule has 1 N–H and O–H groups in total. The molecule has 0 spiro atoms. The molecule has 0 radical (unpaired) electrons. The van der Waals surface area contributed by atoms with Gasteiger partial charge in [0.25, 0.3) is 0 Å². The maximum Gasteiger partial charge on any atom is 0.235 e. The highest BCUT2D eigenvalue weighted by Gasteiger charge is 2.35. The van der Waals surface area contributed by atoms with Gasteiger partial charge in [-0.05, 0) is 63.2 Å². The van der Waals surface area contributed by atoms with Crippen LogP contribution in [0.25, 0.3) is 0 Å². The van der Waals surface area contributed by atoms with Crippen LogP contribution < -0.4 is 5.32 Å². The minimum absolute atomic E-state index is 0.000744. The van der Waals surface area contributed by atoms with E-state index in [1.54, 1.807) is 0 Å². The number of hydrogen-bond donors (Lipinski definition) is 1. The average Bonchev–Trinajstić information content (AvgIpc) is 2.98. The summed E-state index contributed by atoms with van der Waals surface area (Å²) >= 11 is 0. The first-order valence-electron chi connectivity index (χ1n) is 9.82. The Balaban J connectivity index is 1.48. The summed E-state index contributed by atoms with van der Waals surface area (Å²) in [6.07, 6.45) is 4.72. The van der Waals surface area contributed by atoms with E-state index >= 15 is 0 Å². The predicted molar refractivity (Wildman–Crippen MR) is 102 cm³/mol. The monoisotopic (exact) mass is 354 g/mol. The Bertz CT molecular complexity index is 660. The molecule has 140 valence electrons. The van der Waals surface area contributed by atoms with Crippen LogP contribution in [0.15, 0.2) is 24.3 Å². The molecule has 26 heavy (non-hydrogen) atoms. The molecule has 5 heteroatoms. The molecule has 1 aromatic carbocycles. The SMILES string of the molecule is Cc1ccccc1CN1CCCN(CC(=O)NC2(C#N)CCCC2)CC1. The first kappa shape index (κ1) is 18.9. The van der Waals surface area contributed by atoms with Crippen molar-refractivity contribution < 1.29 is 4.79 Å². The maximum absolute atomic E-state index is 12.4. The third-order valence-electron chi connectivity index (χ3n) is 5.75. The first-order chi connectivity index (χ1) is 12.6. The lowest BCUT2D eigenvalue weighted by molar-refractivity contribution is -0.123. The van der Waals surface area contributed by atoms with Gasteiger partial charge in [-0.1, -0.05) is 24.3 Å². The van der Waals surface area contributed by atoms with Crippen LogP contribution in [0.2, 0.25) is 0 Å². The summed E-state index contributed by atoms with van der Waals surface area (Å²) in [5.74, 6) is 0.000744. The molecule has 1 aliphatic heterocycles. The van der Waals surface area contributed by atoms with Crippen LogP contribution in [0.3, 0.4) is 0 Å². The molecule has 1 heterocycles. The second-order valence-electron chi connectivity index (χ2n) is 7.78. The van der Waals surface area contributed by atoms with E-state index in [2.05, 4.69) is 52.4 Å². The number of hydrogen-bond acceptors (Lipinski definition) is 4. The summed E-state index contributed by atoms with van der Waals surface area (Å²) in [7, 11) is 0. The van der Waals surface area contributed by atoms with Crippen molar-refractivity contribution in [2.24, 2.45) is 0 Å². The molecule has 0 atom stereocenters. The maximum atomic E-state index is 12.4. The van der Waals surface area contributed by atoms with E-state index in [0.29, 0.717) is 6.54 Å². The molecule has 1 aliphatic carbocycles. The smallest absolute Gasteiger partial charge is 0.235 e. The number of benzene rings is 1. The lowest BCUT2D eigenvalue weighted by atomic mass is 10.00. The number of nitrogens with one attached hydrogen (secondary N) is 1. The molecule has 2 fully saturated rings. The molecule has 2 aliphatic rings. The van der Waals surface area contributed by atoms with Gasteiger partial charge in [0.05, 0.1) is 12.6 Å². The second kappa shape index (κ2) is 8.66. The number of rotatable bonds is 5. The van der Waals surface area contributed by atoms with Gasteiger partial charge >= 0.3 is 0 Å². The number of carbonyl (C=O) groups excluding carboxylic acids is 1. The first-order valence-corrected chi connectivity index (χ1v) is 9.82. The van der Waals surface area contributed by atoms with Crippen molar-refractivity contribution in [1.82, 2.24) is 15.1 Å². The molecule has 0 bridgehead atoms. The molecule has 0 unspecified atom stereocenters. The van der Waals surface area contributed by atoms with Gasteiger partial charge in [0.2, 0.25) is 5.91 Å². The zero-order valence-corrected chi connectivity index (χ0v) is 15.8. The molecule has 5 nitrogen and oxygen atoms in total. The van der Waals surface area contributed by atoms with E-state index in [1.807, 2.05) is 0 Å². The van der Waals surface area contributed by atoms with E-state index in [4.69, 9.17) is 0 Å². The number of aryl methyl sites for hydroxylation is 1. The third kappa shape index (κ3) is 4.84. The van der Waals surface area contributed by atoms with E-state index in [-0.39, 0.29) is 5.91 Å². The summed E-state index contributed by atoms with van der Waals surface area (Å²) in [5.41, 5.74) is 2.11. The van der Waals surface area contributed by atoms with Gasteiger partial charge in [0.1, 0.15) is 5.54 Å². The molecule has 1 saturated carbocycles. The van der Waals surface area contributed by atoms with Gasteiger partial charge in [-0.15, -0.1) is 0 Å². The molecule has 1 amide bonds. The Labute approximate surface area is 157 Å². The fraction of sp³-hybridized carbons (Fsp3) is 0.619. The van der Waals surface area contributed by atoms with Crippen LogP contribution in [-0.4, -0.2) is 54.0 Å². The summed E-state index contributed by atoms with van der Waals surface area (Å²) < 4.78 is 0. The van der Waals surface area contributed by atoms with Gasteiger partial charge in [-0.25, -0.2) is 0 Å². The topological polar surface area (TPSA) is 59.4 Å². The van der Waals surface area contributed by atoms with E-state index in [0.717, 1.165) is 64.8 Å². The fourth-order valence-corrected chi connectivity index (χ4v) is 4.12. The Hall–Kier alpha value is -1.90. The fourth-order valence-electron chi connectivity index (χ4n) is 4.12. The zero-order valence-electron chi connectivity index (χ0n) is 15.8. The van der Waals surface area contributed by atoms with Crippen LogP contribution in [0.1, 0.15) is 43.2 Å². The normalized spacial score (nSPS) is 21.1. The molecule has 1 saturated heterocycles. The Kier molecular flexibility index (Phi) is 6.29. The summed E-state index contributed by atoms with van der Waals surface area (Å²) in [4.78, 5) is 17.2. The Morgan fingerprint density at radius 2 is 1.81 bits per heavy atom. The van der Waals surface area contributed by atoms with Gasteiger partial charge in [0, 0.05) is 19.6 Å². The summed E-state index contributed by atoms with van der Waals surface area (Å²) in [6.45, 7) is 7.43. The van der Waals surface area contributed by atoms with Crippen LogP contribution in [0.4, 0.5) is 0 Å². The van der Waals surface area contributed by atoms with Crippen LogP contribution in [-0.2, 0) is 11.3 Å². The highest BCUT2D eigenvalue weighted by molar-refractivity contribution is 5.79. The quantitative estimate of drug-likeness (QED) is 0.882. The van der Waals surface area contributed by atoms with Crippen molar-refractivity contribution in [2.75, 3.05) is 32.7 Å². The van der Waals surface area contributed by atoms with Crippen molar-refractivity contribution in [3.63, 3.8) is 0 Å². The highest BCUT2D eigenvalue weighted by Crippen LogP contribution is 2.28. The van der Waals surface area contributed by atoms with E-state index in [1.165, 1.54) is 11.1 Å². The highest BCUT2D eigenvalue weighted by atomic mass is 16.2. The van der Waals surface area contributed by atoms with Crippen molar-refractivity contribution in [3.8, 4) is 6.07 Å². The number of amides is 1. The van der Waals surface area contributed by atoms with Gasteiger partial charge in [0.15, 0.2) is 0 Å². The number of carbonyl (C=O) groups is 1. The molecule has 0 aromatic heterocycles. The van der Waals surface area contributed by atoms with Crippen molar-refractivity contribution >= 4 is 5.91 Å². The van der Waals surface area contributed by atoms with E-state index in [9.17, 15) is 10.1 Å². The minimum atomic E-state index is -0.611. The average molecular weight is 354 g/mol. The largest absolute Gasteiger partial charge is 0.337 e. The van der Waals surface area contributed by atoms with Crippen molar-refractivity contribution in [1.29, 1.82) is 5.26 Å². The molecular weight excluding hydrogens is 324 g/mol. The number of nitriles is 1. The Morgan fingerprint density at radius 3 is 2.54 bits per heavy atom. The standard InChI is InChI=1S/C21H30N4O/c1-18-7-2-3-8-19(18)15-24-11-6-12-25(14-13-24)16-20(26)23-21(17-22)9-4-5-10-21/h2-3,7-8H,4-6,9-16H2,1H3,(H,23,26). The Morgan fingerprint density at radius 1 is 1.12 bits per heavy atom. The molecule has 3 rings (SSSR count).